The van der Waals surface area contributed by atoms with Gasteiger partial charge in [-0.1, -0.05) is 38.5 Å². The van der Waals surface area contributed by atoms with Gasteiger partial charge in [-0.15, -0.1) is 10.2 Å². The zero-order valence-corrected chi connectivity index (χ0v) is 18.8. The van der Waals surface area contributed by atoms with Gasteiger partial charge in [0.2, 0.25) is 11.8 Å². The Morgan fingerprint density at radius 3 is 2.41 bits per heavy atom. The highest BCUT2D eigenvalue weighted by Crippen LogP contribution is 2.60. The average molecular weight is 418 g/mol. The topological polar surface area (TPSA) is 68.0 Å². The van der Waals surface area contributed by atoms with Crippen molar-refractivity contribution in [2.24, 2.45) is 29.6 Å². The van der Waals surface area contributed by atoms with E-state index in [1.807, 2.05) is 6.92 Å². The van der Waals surface area contributed by atoms with Crippen LogP contribution in [-0.2, 0) is 10.2 Å². The first-order chi connectivity index (χ1) is 13.9. The predicted octanol–water partition coefficient (Wildman–Crippen LogP) is 4.96. The number of amides is 1. The third-order valence-electron chi connectivity index (χ3n) is 8.58. The second-order valence-corrected chi connectivity index (χ2v) is 12.0. The molecule has 0 radical (unpaired) electrons. The number of hydrogen-bond donors (Lipinski definition) is 1. The van der Waals surface area contributed by atoms with Gasteiger partial charge in [-0.25, -0.2) is 0 Å². The van der Waals surface area contributed by atoms with Crippen LogP contribution in [0.5, 0.6) is 0 Å². The number of carbonyl (C=O) groups excluding carboxylic acids is 1. The molecule has 1 amide bonds. The lowest BCUT2D eigenvalue weighted by molar-refractivity contribution is -0.121. The zero-order chi connectivity index (χ0) is 20.2. The van der Waals surface area contributed by atoms with Crippen LogP contribution in [-0.4, -0.2) is 27.4 Å². The van der Waals surface area contributed by atoms with Gasteiger partial charge < -0.3 is 9.73 Å². The summed E-state index contributed by atoms with van der Waals surface area (Å²) in [7, 11) is 0. The molecular weight excluding hydrogens is 382 g/mol. The molecule has 5 saturated carbocycles. The van der Waals surface area contributed by atoms with E-state index in [1.54, 1.807) is 0 Å². The van der Waals surface area contributed by atoms with E-state index in [2.05, 4.69) is 29.4 Å². The molecule has 29 heavy (non-hydrogen) atoms. The van der Waals surface area contributed by atoms with Crippen molar-refractivity contribution in [2.75, 3.05) is 0 Å². The Kier molecular flexibility index (Phi) is 5.20. The van der Waals surface area contributed by atoms with Crippen molar-refractivity contribution < 1.29 is 9.21 Å². The molecule has 6 rings (SSSR count). The molecule has 0 spiro atoms. The minimum atomic E-state index is -0.218. The average Bonchev–Trinajstić information content (AvgIpc) is 3.14. The zero-order valence-electron chi connectivity index (χ0n) is 18.0. The fourth-order valence-corrected chi connectivity index (χ4v) is 7.83. The van der Waals surface area contributed by atoms with E-state index >= 15 is 0 Å². The van der Waals surface area contributed by atoms with Crippen LogP contribution in [0.3, 0.4) is 0 Å². The molecule has 4 bridgehead atoms. The summed E-state index contributed by atoms with van der Waals surface area (Å²) in [5.74, 6) is 4.72. The Hall–Kier alpha value is -1.04. The van der Waals surface area contributed by atoms with Crippen LogP contribution in [0.25, 0.3) is 0 Å². The second kappa shape index (κ2) is 7.58. The van der Waals surface area contributed by atoms with Gasteiger partial charge in [0.25, 0.3) is 5.22 Å². The third kappa shape index (κ3) is 3.75. The van der Waals surface area contributed by atoms with E-state index in [0.717, 1.165) is 30.1 Å². The molecule has 0 saturated heterocycles. The smallest absolute Gasteiger partial charge is 0.277 e. The minimum Gasteiger partial charge on any atom is -0.415 e. The first kappa shape index (κ1) is 19.9. The molecule has 1 heterocycles. The van der Waals surface area contributed by atoms with Gasteiger partial charge >= 0.3 is 0 Å². The van der Waals surface area contributed by atoms with E-state index in [0.29, 0.717) is 23.1 Å². The Balaban J connectivity index is 1.22. The summed E-state index contributed by atoms with van der Waals surface area (Å²) in [6.07, 6.45) is 11.4. The molecule has 4 atom stereocenters. The molecular formula is C23H35N3O2S. The lowest BCUT2D eigenvalue weighted by atomic mass is 9.49. The van der Waals surface area contributed by atoms with Crippen molar-refractivity contribution in [1.29, 1.82) is 0 Å². The monoisotopic (exact) mass is 417 g/mol. The Morgan fingerprint density at radius 2 is 1.76 bits per heavy atom. The summed E-state index contributed by atoms with van der Waals surface area (Å²) in [4.78, 5) is 12.8. The van der Waals surface area contributed by atoms with Crippen LogP contribution < -0.4 is 5.32 Å². The molecule has 5 aliphatic rings. The van der Waals surface area contributed by atoms with Crippen molar-refractivity contribution in [3.63, 3.8) is 0 Å². The first-order valence-electron chi connectivity index (χ1n) is 11.7. The SMILES string of the molecule is C[C@@H]1[C@H](C)CCC[C@H]1NC(=O)[C@@H](C)Sc1nnc(C23CC4CC(CC(C4)C2)C3)o1. The third-order valence-corrected chi connectivity index (χ3v) is 9.51. The Labute approximate surface area is 178 Å². The van der Waals surface area contributed by atoms with Gasteiger partial charge in [-0.2, -0.15) is 0 Å². The second-order valence-electron chi connectivity index (χ2n) is 10.7. The summed E-state index contributed by atoms with van der Waals surface area (Å²) in [5, 5.41) is 12.4. The number of nitrogens with one attached hydrogen (secondary N) is 1. The number of hydrogen-bond acceptors (Lipinski definition) is 5. The van der Waals surface area contributed by atoms with Crippen LogP contribution in [0.1, 0.15) is 84.4 Å². The molecule has 160 valence electrons. The summed E-state index contributed by atoms with van der Waals surface area (Å²) in [6, 6.07) is 0.291. The quantitative estimate of drug-likeness (QED) is 0.686. The highest BCUT2D eigenvalue weighted by atomic mass is 32.2. The number of carbonyl (C=O) groups is 1. The summed E-state index contributed by atoms with van der Waals surface area (Å²) in [6.45, 7) is 6.51. The standard InChI is InChI=1S/C23H35N3O2S/c1-13-5-4-6-19(14(13)2)24-20(27)15(3)29-22-26-25-21(28-22)23-10-16-7-17(11-23)9-18(8-16)12-23/h13-19H,4-12H2,1-3H3,(H,24,27)/t13-,14-,15-,16?,17?,18?,19-,23?/m1/s1. The largest absolute Gasteiger partial charge is 0.415 e. The number of nitrogens with zero attached hydrogens (tertiary/aromatic N) is 2. The number of thioether (sulfide) groups is 1. The van der Waals surface area contributed by atoms with Gasteiger partial charge in [-0.05, 0) is 81.5 Å². The van der Waals surface area contributed by atoms with Crippen LogP contribution in [0.4, 0.5) is 0 Å². The summed E-state index contributed by atoms with van der Waals surface area (Å²) >= 11 is 1.41. The molecule has 5 aliphatic carbocycles. The van der Waals surface area contributed by atoms with Crippen molar-refractivity contribution in [1.82, 2.24) is 15.5 Å². The van der Waals surface area contributed by atoms with E-state index in [-0.39, 0.29) is 16.6 Å². The first-order valence-corrected chi connectivity index (χ1v) is 12.6. The molecule has 0 aromatic carbocycles. The van der Waals surface area contributed by atoms with E-state index in [1.165, 1.54) is 63.1 Å². The normalized spacial score (nSPS) is 42.0. The maximum absolute atomic E-state index is 12.8. The Bertz CT molecular complexity index is 728. The molecule has 5 fully saturated rings. The van der Waals surface area contributed by atoms with Crippen molar-refractivity contribution in [3.05, 3.63) is 5.89 Å². The number of aromatic nitrogens is 2. The van der Waals surface area contributed by atoms with Gasteiger partial charge in [0.05, 0.1) is 5.25 Å². The van der Waals surface area contributed by atoms with E-state index < -0.39 is 0 Å². The van der Waals surface area contributed by atoms with Crippen LogP contribution in [0.15, 0.2) is 9.64 Å². The Morgan fingerprint density at radius 1 is 1.10 bits per heavy atom. The highest BCUT2D eigenvalue weighted by molar-refractivity contribution is 8.00. The van der Waals surface area contributed by atoms with Gasteiger partial charge in [-0.3, -0.25) is 4.79 Å². The highest BCUT2D eigenvalue weighted by Gasteiger charge is 2.54. The van der Waals surface area contributed by atoms with Crippen molar-refractivity contribution >= 4 is 17.7 Å². The molecule has 1 aromatic heterocycles. The minimum absolute atomic E-state index is 0.0931. The van der Waals surface area contributed by atoms with E-state index in [9.17, 15) is 4.79 Å². The van der Waals surface area contributed by atoms with Crippen molar-refractivity contribution in [2.45, 2.75) is 100 Å². The summed E-state index contributed by atoms with van der Waals surface area (Å²) < 4.78 is 6.18. The maximum atomic E-state index is 12.8. The summed E-state index contributed by atoms with van der Waals surface area (Å²) in [5.41, 5.74) is 0.125. The molecule has 6 heteroatoms. The van der Waals surface area contributed by atoms with Crippen LogP contribution in [0, 0.1) is 29.6 Å². The fraction of sp³-hybridized carbons (Fsp3) is 0.870. The van der Waals surface area contributed by atoms with Gasteiger partial charge in [0.1, 0.15) is 0 Å². The molecule has 0 aliphatic heterocycles. The van der Waals surface area contributed by atoms with Gasteiger partial charge in [0.15, 0.2) is 0 Å². The molecule has 5 nitrogen and oxygen atoms in total. The fourth-order valence-electron chi connectivity index (χ4n) is 7.13. The molecule has 1 aromatic rings. The van der Waals surface area contributed by atoms with Crippen molar-refractivity contribution in [3.8, 4) is 0 Å². The lowest BCUT2D eigenvalue weighted by Crippen LogP contribution is -2.48. The molecule has 0 unspecified atom stereocenters. The van der Waals surface area contributed by atoms with Crippen LogP contribution in [0.2, 0.25) is 0 Å². The van der Waals surface area contributed by atoms with E-state index in [4.69, 9.17) is 4.42 Å². The molecule has 1 N–H and O–H groups in total. The number of rotatable bonds is 5. The van der Waals surface area contributed by atoms with Crippen LogP contribution >= 0.6 is 11.8 Å². The predicted molar refractivity (Wildman–Crippen MR) is 114 cm³/mol. The lowest BCUT2D eigenvalue weighted by Gasteiger charge is -2.55. The maximum Gasteiger partial charge on any atom is 0.277 e. The van der Waals surface area contributed by atoms with Gasteiger partial charge in [0, 0.05) is 11.5 Å².